The first-order chi connectivity index (χ1) is 17.2. The van der Waals surface area contributed by atoms with Gasteiger partial charge >= 0.3 is 17.9 Å². The molecule has 0 fully saturated rings. The summed E-state index contributed by atoms with van der Waals surface area (Å²) in [6.45, 7) is 3.24. The van der Waals surface area contributed by atoms with E-state index in [2.05, 4.69) is 5.32 Å². The molecular formula is C25H29N3O8. The van der Waals surface area contributed by atoms with Crippen LogP contribution in [0.25, 0.3) is 0 Å². The average Bonchev–Trinajstić information content (AvgIpc) is 2.86. The lowest BCUT2D eigenvalue weighted by molar-refractivity contribution is -0.149. The van der Waals surface area contributed by atoms with Gasteiger partial charge in [-0.1, -0.05) is 0 Å². The van der Waals surface area contributed by atoms with Crippen molar-refractivity contribution in [2.24, 2.45) is 5.73 Å². The third kappa shape index (κ3) is 9.09. The van der Waals surface area contributed by atoms with Crippen LogP contribution < -0.4 is 20.5 Å². The van der Waals surface area contributed by atoms with Crippen LogP contribution in [0, 0.1) is 5.41 Å². The van der Waals surface area contributed by atoms with Crippen molar-refractivity contribution in [3.8, 4) is 11.5 Å². The molecule has 0 saturated heterocycles. The maximum Gasteiger partial charge on any atom is 0.343 e. The van der Waals surface area contributed by atoms with E-state index in [0.29, 0.717) is 17.1 Å². The van der Waals surface area contributed by atoms with Crippen molar-refractivity contribution in [3.63, 3.8) is 0 Å². The molecule has 2 aromatic rings. The Labute approximate surface area is 208 Å². The minimum atomic E-state index is -1.02. The Hall–Kier alpha value is -4.41. The Morgan fingerprint density at radius 3 is 2.06 bits per heavy atom. The van der Waals surface area contributed by atoms with Crippen LogP contribution in [-0.4, -0.2) is 55.5 Å². The molecule has 0 aliphatic heterocycles. The maximum atomic E-state index is 12.3. The summed E-state index contributed by atoms with van der Waals surface area (Å²) >= 11 is 0. The van der Waals surface area contributed by atoms with E-state index in [1.807, 2.05) is 0 Å². The van der Waals surface area contributed by atoms with E-state index in [0.717, 1.165) is 0 Å². The lowest BCUT2D eigenvalue weighted by Gasteiger charge is -2.17. The van der Waals surface area contributed by atoms with Gasteiger partial charge in [0.2, 0.25) is 0 Å². The third-order valence-corrected chi connectivity index (χ3v) is 4.68. The summed E-state index contributed by atoms with van der Waals surface area (Å²) < 4.78 is 20.5. The second kappa shape index (κ2) is 14.1. The molecule has 2 aromatic carbocycles. The number of amides is 1. The van der Waals surface area contributed by atoms with Crippen LogP contribution in [0.4, 0.5) is 0 Å². The molecule has 0 bridgehead atoms. The molecule has 0 heterocycles. The molecule has 0 radical (unpaired) electrons. The van der Waals surface area contributed by atoms with Gasteiger partial charge in [0.05, 0.1) is 18.8 Å². The fraction of sp³-hybridized carbons (Fsp3) is 0.320. The first-order valence-corrected chi connectivity index (χ1v) is 11.2. The SMILES string of the molecule is CCOC(=O)CC[C@H](NC(=O)COc1ccc(C(=O)Oc2ccc(C(=N)N)cc2)cc1)C(=O)OCC. The summed E-state index contributed by atoms with van der Waals surface area (Å²) in [5, 5.41) is 9.87. The molecule has 0 aliphatic rings. The summed E-state index contributed by atoms with van der Waals surface area (Å²) in [5.74, 6) is -1.82. The molecule has 2 rings (SSSR count). The van der Waals surface area contributed by atoms with E-state index < -0.39 is 36.5 Å². The van der Waals surface area contributed by atoms with Gasteiger partial charge in [-0.05, 0) is 68.8 Å². The highest BCUT2D eigenvalue weighted by Crippen LogP contribution is 2.17. The van der Waals surface area contributed by atoms with Crippen molar-refractivity contribution in [3.05, 3.63) is 59.7 Å². The Balaban J connectivity index is 1.88. The normalized spacial score (nSPS) is 11.1. The minimum Gasteiger partial charge on any atom is -0.484 e. The fourth-order valence-corrected chi connectivity index (χ4v) is 2.93. The second-order valence-corrected chi connectivity index (χ2v) is 7.36. The van der Waals surface area contributed by atoms with E-state index in [-0.39, 0.29) is 37.5 Å². The van der Waals surface area contributed by atoms with E-state index in [9.17, 15) is 19.2 Å². The lowest BCUT2D eigenvalue weighted by atomic mass is 10.1. The number of nitrogens with two attached hydrogens (primary N) is 1. The van der Waals surface area contributed by atoms with Crippen molar-refractivity contribution in [2.75, 3.05) is 19.8 Å². The number of nitrogens with one attached hydrogen (secondary N) is 2. The molecule has 0 aromatic heterocycles. The van der Waals surface area contributed by atoms with Crippen molar-refractivity contribution in [2.45, 2.75) is 32.7 Å². The molecule has 11 nitrogen and oxygen atoms in total. The third-order valence-electron chi connectivity index (χ3n) is 4.68. The number of esters is 3. The van der Waals surface area contributed by atoms with Gasteiger partial charge < -0.3 is 30.0 Å². The van der Waals surface area contributed by atoms with Gasteiger partial charge in [0.15, 0.2) is 6.61 Å². The average molecular weight is 500 g/mol. The van der Waals surface area contributed by atoms with Gasteiger partial charge in [0.1, 0.15) is 23.4 Å². The highest BCUT2D eigenvalue weighted by Gasteiger charge is 2.23. The predicted octanol–water partition coefficient (Wildman–Crippen LogP) is 1.96. The van der Waals surface area contributed by atoms with E-state index >= 15 is 0 Å². The zero-order valence-electron chi connectivity index (χ0n) is 20.1. The highest BCUT2D eigenvalue weighted by molar-refractivity contribution is 5.95. The predicted molar refractivity (Wildman–Crippen MR) is 129 cm³/mol. The number of rotatable bonds is 13. The van der Waals surface area contributed by atoms with E-state index in [4.69, 9.17) is 30.1 Å². The Morgan fingerprint density at radius 1 is 0.889 bits per heavy atom. The van der Waals surface area contributed by atoms with Gasteiger partial charge in [0.25, 0.3) is 5.91 Å². The molecule has 1 amide bonds. The lowest BCUT2D eigenvalue weighted by Crippen LogP contribution is -2.44. The molecular weight excluding hydrogens is 470 g/mol. The fourth-order valence-electron chi connectivity index (χ4n) is 2.93. The summed E-state index contributed by atoms with van der Waals surface area (Å²) in [6, 6.07) is 11.1. The molecule has 192 valence electrons. The highest BCUT2D eigenvalue weighted by atomic mass is 16.5. The van der Waals surface area contributed by atoms with Crippen LogP contribution in [0.5, 0.6) is 11.5 Å². The topological polar surface area (TPSA) is 167 Å². The van der Waals surface area contributed by atoms with Crippen LogP contribution in [0.2, 0.25) is 0 Å². The zero-order valence-corrected chi connectivity index (χ0v) is 20.1. The molecule has 36 heavy (non-hydrogen) atoms. The van der Waals surface area contributed by atoms with E-state index in [1.54, 1.807) is 26.0 Å². The number of carbonyl (C=O) groups excluding carboxylic acids is 4. The maximum absolute atomic E-state index is 12.3. The molecule has 0 unspecified atom stereocenters. The molecule has 0 aliphatic carbocycles. The standard InChI is InChI=1S/C25H29N3O8/c1-3-33-22(30)14-13-20(25(32)34-4-2)28-21(29)15-35-18-9-7-17(8-10-18)24(31)36-19-11-5-16(6-12-19)23(26)27/h5-12,20H,3-4,13-15H2,1-2H3,(H3,26,27)(H,28,29)/t20-/m0/s1. The minimum absolute atomic E-state index is 0.0255. The van der Waals surface area contributed by atoms with Crippen LogP contribution >= 0.6 is 0 Å². The number of hydrogen-bond acceptors (Lipinski definition) is 9. The summed E-state index contributed by atoms with van der Waals surface area (Å²) in [4.78, 5) is 48.3. The number of ether oxygens (including phenoxy) is 4. The van der Waals surface area contributed by atoms with Crippen LogP contribution in [0.1, 0.15) is 42.6 Å². The number of nitrogen functional groups attached to an aromatic ring is 1. The van der Waals surface area contributed by atoms with Crippen molar-refractivity contribution < 1.29 is 38.1 Å². The monoisotopic (exact) mass is 499 g/mol. The van der Waals surface area contributed by atoms with Crippen LogP contribution in [0.3, 0.4) is 0 Å². The number of carbonyl (C=O) groups is 4. The number of hydrogen-bond donors (Lipinski definition) is 3. The number of benzene rings is 2. The van der Waals surface area contributed by atoms with Gasteiger partial charge in [-0.2, -0.15) is 0 Å². The smallest absolute Gasteiger partial charge is 0.343 e. The first kappa shape index (κ1) is 27.8. The Morgan fingerprint density at radius 2 is 1.47 bits per heavy atom. The van der Waals surface area contributed by atoms with Crippen molar-refractivity contribution >= 4 is 29.7 Å². The summed E-state index contributed by atoms with van der Waals surface area (Å²) in [6.07, 6.45) is -0.0331. The van der Waals surface area contributed by atoms with Crippen molar-refractivity contribution in [1.82, 2.24) is 5.32 Å². The van der Waals surface area contributed by atoms with Crippen LogP contribution in [0.15, 0.2) is 48.5 Å². The molecule has 0 spiro atoms. The Kier molecular flexibility index (Phi) is 10.9. The zero-order chi connectivity index (χ0) is 26.5. The largest absolute Gasteiger partial charge is 0.484 e. The Bertz CT molecular complexity index is 1070. The van der Waals surface area contributed by atoms with Gasteiger partial charge in [-0.3, -0.25) is 15.0 Å². The van der Waals surface area contributed by atoms with Gasteiger partial charge in [0, 0.05) is 12.0 Å². The van der Waals surface area contributed by atoms with Crippen LogP contribution in [-0.2, 0) is 23.9 Å². The molecule has 4 N–H and O–H groups in total. The van der Waals surface area contributed by atoms with E-state index in [1.165, 1.54) is 36.4 Å². The van der Waals surface area contributed by atoms with Gasteiger partial charge in [-0.25, -0.2) is 9.59 Å². The van der Waals surface area contributed by atoms with Gasteiger partial charge in [-0.15, -0.1) is 0 Å². The molecule has 1 atom stereocenters. The summed E-state index contributed by atoms with van der Waals surface area (Å²) in [5.41, 5.74) is 6.16. The quantitative estimate of drug-likeness (QED) is 0.161. The molecule has 11 heteroatoms. The first-order valence-electron chi connectivity index (χ1n) is 11.2. The summed E-state index contributed by atoms with van der Waals surface area (Å²) in [7, 11) is 0. The van der Waals surface area contributed by atoms with Crippen molar-refractivity contribution in [1.29, 1.82) is 5.41 Å². The number of amidine groups is 1. The molecule has 0 saturated carbocycles. The second-order valence-electron chi connectivity index (χ2n) is 7.36.